The first-order valence-electron chi connectivity index (χ1n) is 6.95. The first-order valence-corrected chi connectivity index (χ1v) is 6.95. The Bertz CT molecular complexity index is 204. The van der Waals surface area contributed by atoms with Gasteiger partial charge in [0, 0.05) is 0 Å². The monoisotopic (exact) mass is 243 g/mol. The molecule has 0 rings (SSSR count). The van der Waals surface area contributed by atoms with Crippen LogP contribution in [0.3, 0.4) is 0 Å². The summed E-state index contributed by atoms with van der Waals surface area (Å²) < 4.78 is 5.31. The Hall–Kier alpha value is -0.570. The molecule has 102 valence electrons. The topological polar surface area (TPSA) is 52.3 Å². The zero-order valence-corrected chi connectivity index (χ0v) is 11.9. The lowest BCUT2D eigenvalue weighted by molar-refractivity contribution is -0.147. The SMILES string of the molecule is CCCCC(CCC)COC(=O)C(N)C(C)C. The summed E-state index contributed by atoms with van der Waals surface area (Å²) in [6.45, 7) is 8.76. The molecule has 0 spiro atoms. The molecule has 0 amide bonds. The molecular formula is C14H29NO2. The van der Waals surface area contributed by atoms with E-state index in [2.05, 4.69) is 13.8 Å². The van der Waals surface area contributed by atoms with Crippen LogP contribution in [0.4, 0.5) is 0 Å². The second-order valence-electron chi connectivity index (χ2n) is 5.20. The molecule has 0 saturated heterocycles. The van der Waals surface area contributed by atoms with E-state index in [1.165, 1.54) is 12.8 Å². The molecule has 0 aromatic rings. The minimum atomic E-state index is -0.483. The van der Waals surface area contributed by atoms with Crippen LogP contribution in [0.5, 0.6) is 0 Å². The van der Waals surface area contributed by atoms with E-state index in [1.54, 1.807) is 0 Å². The molecule has 2 atom stereocenters. The van der Waals surface area contributed by atoms with E-state index < -0.39 is 6.04 Å². The Morgan fingerprint density at radius 1 is 1.18 bits per heavy atom. The Balaban J connectivity index is 3.97. The highest BCUT2D eigenvalue weighted by Gasteiger charge is 2.20. The van der Waals surface area contributed by atoms with Crippen LogP contribution in [0.2, 0.25) is 0 Å². The van der Waals surface area contributed by atoms with Gasteiger partial charge in [0.25, 0.3) is 0 Å². The van der Waals surface area contributed by atoms with Crippen molar-refractivity contribution in [2.24, 2.45) is 17.6 Å². The normalized spacial score (nSPS) is 14.7. The summed E-state index contributed by atoms with van der Waals surface area (Å²) in [5.41, 5.74) is 5.75. The molecule has 17 heavy (non-hydrogen) atoms. The Labute approximate surface area is 106 Å². The highest BCUT2D eigenvalue weighted by molar-refractivity contribution is 5.75. The van der Waals surface area contributed by atoms with Crippen molar-refractivity contribution in [1.29, 1.82) is 0 Å². The first-order chi connectivity index (χ1) is 8.02. The summed E-state index contributed by atoms with van der Waals surface area (Å²) in [4.78, 5) is 11.6. The molecular weight excluding hydrogens is 214 g/mol. The van der Waals surface area contributed by atoms with E-state index in [-0.39, 0.29) is 11.9 Å². The Kier molecular flexibility index (Phi) is 9.14. The van der Waals surface area contributed by atoms with Gasteiger partial charge in [-0.05, 0) is 24.7 Å². The molecule has 0 heterocycles. The van der Waals surface area contributed by atoms with E-state index in [4.69, 9.17) is 10.5 Å². The zero-order valence-electron chi connectivity index (χ0n) is 11.9. The molecule has 0 aliphatic heterocycles. The third kappa shape index (κ3) is 7.37. The standard InChI is InChI=1S/C14H29NO2/c1-5-7-9-12(8-6-2)10-17-14(16)13(15)11(3)4/h11-13H,5-10,15H2,1-4H3. The number of nitrogens with two attached hydrogens (primary N) is 1. The number of hydrogen-bond donors (Lipinski definition) is 1. The van der Waals surface area contributed by atoms with E-state index in [0.717, 1.165) is 19.3 Å². The van der Waals surface area contributed by atoms with Gasteiger partial charge in [-0.3, -0.25) is 4.79 Å². The number of unbranched alkanes of at least 4 members (excludes halogenated alkanes) is 1. The first kappa shape index (κ1) is 16.4. The summed E-state index contributed by atoms with van der Waals surface area (Å²) in [6.07, 6.45) is 5.82. The van der Waals surface area contributed by atoms with Crippen LogP contribution < -0.4 is 5.73 Å². The lowest BCUT2D eigenvalue weighted by Gasteiger charge is -2.19. The van der Waals surface area contributed by atoms with Gasteiger partial charge in [-0.15, -0.1) is 0 Å². The van der Waals surface area contributed by atoms with Crippen molar-refractivity contribution in [3.63, 3.8) is 0 Å². The van der Waals surface area contributed by atoms with Crippen LogP contribution in [0.15, 0.2) is 0 Å². The minimum absolute atomic E-state index is 0.141. The third-order valence-electron chi connectivity index (χ3n) is 3.11. The van der Waals surface area contributed by atoms with Gasteiger partial charge in [0.05, 0.1) is 6.61 Å². The van der Waals surface area contributed by atoms with Crippen molar-refractivity contribution in [3.8, 4) is 0 Å². The van der Waals surface area contributed by atoms with E-state index in [1.807, 2.05) is 13.8 Å². The molecule has 0 radical (unpaired) electrons. The molecule has 3 nitrogen and oxygen atoms in total. The van der Waals surface area contributed by atoms with Crippen LogP contribution in [-0.2, 0) is 9.53 Å². The number of rotatable bonds is 9. The summed E-state index contributed by atoms with van der Waals surface area (Å²) in [5.74, 6) is 0.392. The van der Waals surface area contributed by atoms with E-state index >= 15 is 0 Å². The van der Waals surface area contributed by atoms with Crippen LogP contribution in [0.1, 0.15) is 59.8 Å². The van der Waals surface area contributed by atoms with Crippen molar-refractivity contribution in [2.75, 3.05) is 6.61 Å². The fraction of sp³-hybridized carbons (Fsp3) is 0.929. The number of ether oxygens (including phenoxy) is 1. The van der Waals surface area contributed by atoms with Crippen LogP contribution in [0, 0.1) is 11.8 Å². The number of hydrogen-bond acceptors (Lipinski definition) is 3. The van der Waals surface area contributed by atoms with Crippen molar-refractivity contribution in [1.82, 2.24) is 0 Å². The number of esters is 1. The van der Waals surface area contributed by atoms with Crippen molar-refractivity contribution in [2.45, 2.75) is 65.8 Å². The second kappa shape index (κ2) is 9.46. The molecule has 3 heteroatoms. The molecule has 0 aliphatic carbocycles. The van der Waals surface area contributed by atoms with Gasteiger partial charge in [0.15, 0.2) is 0 Å². The van der Waals surface area contributed by atoms with Crippen molar-refractivity contribution in [3.05, 3.63) is 0 Å². The largest absolute Gasteiger partial charge is 0.464 e. The summed E-state index contributed by atoms with van der Waals surface area (Å²) in [5, 5.41) is 0. The lowest BCUT2D eigenvalue weighted by atomic mass is 9.98. The molecule has 0 aromatic carbocycles. The fourth-order valence-corrected chi connectivity index (χ4v) is 1.78. The molecule has 2 N–H and O–H groups in total. The van der Waals surface area contributed by atoms with Gasteiger partial charge >= 0.3 is 5.97 Å². The van der Waals surface area contributed by atoms with Gasteiger partial charge in [0.1, 0.15) is 6.04 Å². The summed E-state index contributed by atoms with van der Waals surface area (Å²) >= 11 is 0. The maximum atomic E-state index is 11.6. The molecule has 0 aliphatic rings. The van der Waals surface area contributed by atoms with Crippen LogP contribution >= 0.6 is 0 Å². The molecule has 0 aromatic heterocycles. The van der Waals surface area contributed by atoms with Gasteiger partial charge < -0.3 is 10.5 Å². The third-order valence-corrected chi connectivity index (χ3v) is 3.11. The maximum absolute atomic E-state index is 11.6. The highest BCUT2D eigenvalue weighted by Crippen LogP contribution is 2.15. The molecule has 2 unspecified atom stereocenters. The molecule has 0 saturated carbocycles. The van der Waals surface area contributed by atoms with Gasteiger partial charge in [-0.25, -0.2) is 0 Å². The zero-order chi connectivity index (χ0) is 13.3. The predicted molar refractivity (Wildman–Crippen MR) is 71.7 cm³/mol. The minimum Gasteiger partial charge on any atom is -0.464 e. The average molecular weight is 243 g/mol. The van der Waals surface area contributed by atoms with E-state index in [0.29, 0.717) is 12.5 Å². The molecule has 0 bridgehead atoms. The summed E-state index contributed by atoms with van der Waals surface area (Å²) in [6, 6.07) is -0.483. The van der Waals surface area contributed by atoms with E-state index in [9.17, 15) is 4.79 Å². The van der Waals surface area contributed by atoms with Crippen LogP contribution in [-0.4, -0.2) is 18.6 Å². The summed E-state index contributed by atoms with van der Waals surface area (Å²) in [7, 11) is 0. The van der Waals surface area contributed by atoms with Crippen molar-refractivity contribution < 1.29 is 9.53 Å². The lowest BCUT2D eigenvalue weighted by Crippen LogP contribution is -2.37. The maximum Gasteiger partial charge on any atom is 0.323 e. The number of carbonyl (C=O) groups is 1. The Morgan fingerprint density at radius 2 is 1.82 bits per heavy atom. The highest BCUT2D eigenvalue weighted by atomic mass is 16.5. The smallest absolute Gasteiger partial charge is 0.323 e. The molecule has 0 fully saturated rings. The fourth-order valence-electron chi connectivity index (χ4n) is 1.78. The van der Waals surface area contributed by atoms with Crippen molar-refractivity contribution >= 4 is 5.97 Å². The quantitative estimate of drug-likeness (QED) is 0.633. The average Bonchev–Trinajstić information content (AvgIpc) is 2.31. The second-order valence-corrected chi connectivity index (χ2v) is 5.20. The number of carbonyl (C=O) groups excluding carboxylic acids is 1. The van der Waals surface area contributed by atoms with Gasteiger partial charge in [-0.2, -0.15) is 0 Å². The predicted octanol–water partition coefficient (Wildman–Crippen LogP) is 3.12. The van der Waals surface area contributed by atoms with Crippen LogP contribution in [0.25, 0.3) is 0 Å². The Morgan fingerprint density at radius 3 is 2.29 bits per heavy atom. The van der Waals surface area contributed by atoms with Gasteiger partial charge in [0.2, 0.25) is 0 Å². The van der Waals surface area contributed by atoms with Gasteiger partial charge in [-0.1, -0.05) is 47.0 Å².